The second kappa shape index (κ2) is 7.17. The average molecular weight is 338 g/mol. The normalized spacial score (nSPS) is 12.7. The molecule has 25 heavy (non-hydrogen) atoms. The Labute approximate surface area is 145 Å². The predicted octanol–water partition coefficient (Wildman–Crippen LogP) is 2.46. The molecule has 3 rings (SSSR count). The van der Waals surface area contributed by atoms with E-state index in [1.165, 1.54) is 4.90 Å². The number of carbonyl (C=O) groups excluding carboxylic acids is 3. The number of benzene rings is 2. The van der Waals surface area contributed by atoms with Crippen molar-refractivity contribution in [1.82, 2.24) is 4.90 Å². The molecule has 0 bridgehead atoms. The molecule has 0 saturated heterocycles. The van der Waals surface area contributed by atoms with Crippen molar-refractivity contribution in [3.05, 3.63) is 65.2 Å². The number of hydrogen-bond donors (Lipinski definition) is 1. The van der Waals surface area contributed by atoms with Gasteiger partial charge in [0.15, 0.2) is 0 Å². The van der Waals surface area contributed by atoms with Gasteiger partial charge >= 0.3 is 5.97 Å². The number of amides is 2. The van der Waals surface area contributed by atoms with Crippen LogP contribution in [0.25, 0.3) is 0 Å². The van der Waals surface area contributed by atoms with Gasteiger partial charge in [0, 0.05) is 12.1 Å². The second-order valence-electron chi connectivity index (χ2n) is 5.63. The summed E-state index contributed by atoms with van der Waals surface area (Å²) in [5.41, 5.74) is 2.19. The minimum absolute atomic E-state index is 0.0787. The minimum Gasteiger partial charge on any atom is -0.462 e. The molecule has 0 radical (unpaired) electrons. The van der Waals surface area contributed by atoms with Crippen LogP contribution in [-0.4, -0.2) is 35.8 Å². The molecule has 0 fully saturated rings. The zero-order valence-corrected chi connectivity index (χ0v) is 13.8. The highest BCUT2D eigenvalue weighted by molar-refractivity contribution is 6.04. The van der Waals surface area contributed by atoms with Crippen molar-refractivity contribution in [2.24, 2.45) is 0 Å². The molecule has 1 N–H and O–H groups in total. The van der Waals surface area contributed by atoms with Gasteiger partial charge in [-0.1, -0.05) is 30.3 Å². The van der Waals surface area contributed by atoms with Crippen LogP contribution in [0.15, 0.2) is 48.5 Å². The van der Waals surface area contributed by atoms with Crippen molar-refractivity contribution in [3.63, 3.8) is 0 Å². The lowest BCUT2D eigenvalue weighted by molar-refractivity contribution is -0.116. The molecule has 6 heteroatoms. The summed E-state index contributed by atoms with van der Waals surface area (Å²) in [5, 5.41) is 2.69. The molecule has 2 amide bonds. The maximum Gasteiger partial charge on any atom is 0.340 e. The smallest absolute Gasteiger partial charge is 0.340 e. The van der Waals surface area contributed by atoms with E-state index in [2.05, 4.69) is 5.32 Å². The van der Waals surface area contributed by atoms with Crippen molar-refractivity contribution >= 4 is 23.5 Å². The second-order valence-corrected chi connectivity index (χ2v) is 5.63. The first kappa shape index (κ1) is 16.7. The molecule has 2 aromatic carbocycles. The number of anilines is 1. The van der Waals surface area contributed by atoms with E-state index >= 15 is 0 Å². The Balaban J connectivity index is 1.69. The molecule has 0 atom stereocenters. The summed E-state index contributed by atoms with van der Waals surface area (Å²) in [4.78, 5) is 38.1. The first-order chi connectivity index (χ1) is 12.1. The number of esters is 1. The van der Waals surface area contributed by atoms with Crippen molar-refractivity contribution in [2.75, 3.05) is 18.5 Å². The monoisotopic (exact) mass is 338 g/mol. The Morgan fingerprint density at radius 2 is 1.84 bits per heavy atom. The number of nitrogens with zero attached hydrogens (tertiary/aromatic N) is 1. The van der Waals surface area contributed by atoms with E-state index in [0.29, 0.717) is 17.8 Å². The van der Waals surface area contributed by atoms with E-state index in [-0.39, 0.29) is 30.5 Å². The summed E-state index contributed by atoms with van der Waals surface area (Å²) >= 11 is 0. The molecule has 0 spiro atoms. The van der Waals surface area contributed by atoms with Gasteiger partial charge in [0.1, 0.15) is 6.54 Å². The molecule has 0 saturated carbocycles. The van der Waals surface area contributed by atoms with Crippen molar-refractivity contribution in [1.29, 1.82) is 0 Å². The van der Waals surface area contributed by atoms with Crippen LogP contribution in [0, 0.1) is 0 Å². The van der Waals surface area contributed by atoms with Gasteiger partial charge in [-0.25, -0.2) is 4.79 Å². The summed E-state index contributed by atoms with van der Waals surface area (Å²) in [6.45, 7) is 2.30. The summed E-state index contributed by atoms with van der Waals surface area (Å²) in [6.07, 6.45) is 0. The summed E-state index contributed by atoms with van der Waals surface area (Å²) < 4.78 is 4.99. The molecule has 128 valence electrons. The Kier molecular flexibility index (Phi) is 4.79. The number of nitrogens with one attached hydrogen (secondary N) is 1. The molecule has 0 aromatic heterocycles. The highest BCUT2D eigenvalue weighted by Gasteiger charge is 2.28. The summed E-state index contributed by atoms with van der Waals surface area (Å²) in [5.74, 6) is -1.02. The maximum absolute atomic E-state index is 12.3. The third-order valence-corrected chi connectivity index (χ3v) is 3.93. The highest BCUT2D eigenvalue weighted by Crippen LogP contribution is 2.22. The third-order valence-electron chi connectivity index (χ3n) is 3.93. The van der Waals surface area contributed by atoms with Gasteiger partial charge in [-0.05, 0) is 30.7 Å². The lowest BCUT2D eigenvalue weighted by Gasteiger charge is -2.16. The zero-order valence-electron chi connectivity index (χ0n) is 13.8. The van der Waals surface area contributed by atoms with Crippen LogP contribution in [0.2, 0.25) is 0 Å². The van der Waals surface area contributed by atoms with Gasteiger partial charge in [0.2, 0.25) is 5.91 Å². The standard InChI is InChI=1S/C19H18N2O4/c1-2-25-19(24)15-9-5-6-10-16(15)20-17(22)12-21-11-13-7-3-4-8-14(13)18(21)23/h3-10H,2,11-12H2,1H3,(H,20,22). The largest absolute Gasteiger partial charge is 0.462 e. The van der Waals surface area contributed by atoms with Crippen molar-refractivity contribution in [2.45, 2.75) is 13.5 Å². The molecular formula is C19H18N2O4. The quantitative estimate of drug-likeness (QED) is 0.850. The lowest BCUT2D eigenvalue weighted by Crippen LogP contribution is -2.33. The Bertz CT molecular complexity index is 832. The summed E-state index contributed by atoms with van der Waals surface area (Å²) in [7, 11) is 0. The molecule has 0 unspecified atom stereocenters. The van der Waals surface area contributed by atoms with Crippen LogP contribution in [0.1, 0.15) is 33.2 Å². The molecule has 1 heterocycles. The number of hydrogen-bond acceptors (Lipinski definition) is 4. The number of carbonyl (C=O) groups is 3. The third kappa shape index (κ3) is 3.52. The first-order valence-corrected chi connectivity index (χ1v) is 8.03. The molecule has 6 nitrogen and oxygen atoms in total. The van der Waals surface area contributed by atoms with E-state index in [9.17, 15) is 14.4 Å². The van der Waals surface area contributed by atoms with Crippen LogP contribution in [0.3, 0.4) is 0 Å². The van der Waals surface area contributed by atoms with Gasteiger partial charge in [0.25, 0.3) is 5.91 Å². The summed E-state index contributed by atoms with van der Waals surface area (Å²) in [6, 6.07) is 13.9. The van der Waals surface area contributed by atoms with Crippen molar-refractivity contribution in [3.8, 4) is 0 Å². The van der Waals surface area contributed by atoms with E-state index in [1.54, 1.807) is 43.3 Å². The average Bonchev–Trinajstić information content (AvgIpc) is 2.91. The molecule has 1 aliphatic rings. The molecular weight excluding hydrogens is 320 g/mol. The van der Waals surface area contributed by atoms with E-state index in [1.807, 2.05) is 12.1 Å². The Morgan fingerprint density at radius 1 is 1.12 bits per heavy atom. The van der Waals surface area contributed by atoms with E-state index < -0.39 is 5.97 Å². The molecule has 2 aromatic rings. The van der Waals surface area contributed by atoms with Crippen LogP contribution in [0.4, 0.5) is 5.69 Å². The fourth-order valence-corrected chi connectivity index (χ4v) is 2.78. The van der Waals surface area contributed by atoms with Gasteiger partial charge < -0.3 is 15.0 Å². The van der Waals surface area contributed by atoms with E-state index in [4.69, 9.17) is 4.74 Å². The molecule has 0 aliphatic carbocycles. The highest BCUT2D eigenvalue weighted by atomic mass is 16.5. The maximum atomic E-state index is 12.3. The fourth-order valence-electron chi connectivity index (χ4n) is 2.78. The van der Waals surface area contributed by atoms with Crippen LogP contribution < -0.4 is 5.32 Å². The van der Waals surface area contributed by atoms with Crippen LogP contribution >= 0.6 is 0 Å². The number of para-hydroxylation sites is 1. The number of fused-ring (bicyclic) bond motifs is 1. The van der Waals surface area contributed by atoms with Crippen molar-refractivity contribution < 1.29 is 19.1 Å². The zero-order chi connectivity index (χ0) is 17.8. The Morgan fingerprint density at radius 3 is 2.60 bits per heavy atom. The Hall–Kier alpha value is -3.15. The van der Waals surface area contributed by atoms with Crippen LogP contribution in [-0.2, 0) is 16.1 Å². The SMILES string of the molecule is CCOC(=O)c1ccccc1NC(=O)CN1Cc2ccccc2C1=O. The van der Waals surface area contributed by atoms with Gasteiger partial charge in [-0.3, -0.25) is 9.59 Å². The van der Waals surface area contributed by atoms with Gasteiger partial charge in [-0.15, -0.1) is 0 Å². The minimum atomic E-state index is -0.497. The first-order valence-electron chi connectivity index (χ1n) is 8.03. The molecule has 1 aliphatic heterocycles. The van der Waals surface area contributed by atoms with Gasteiger partial charge in [0.05, 0.1) is 17.9 Å². The lowest BCUT2D eigenvalue weighted by atomic mass is 10.1. The topological polar surface area (TPSA) is 75.7 Å². The fraction of sp³-hybridized carbons (Fsp3) is 0.211. The predicted molar refractivity (Wildman–Crippen MR) is 92.2 cm³/mol. The van der Waals surface area contributed by atoms with Crippen LogP contribution in [0.5, 0.6) is 0 Å². The van der Waals surface area contributed by atoms with Gasteiger partial charge in [-0.2, -0.15) is 0 Å². The number of ether oxygens (including phenoxy) is 1. The van der Waals surface area contributed by atoms with E-state index in [0.717, 1.165) is 5.56 Å². The number of rotatable bonds is 5.